The zero-order chi connectivity index (χ0) is 17.0. The molecule has 1 N–H and O–H groups in total. The molecule has 2 rings (SSSR count). The maximum atomic E-state index is 14.4. The van der Waals surface area contributed by atoms with Crippen LogP contribution >= 0.6 is 0 Å². The Balaban J connectivity index is 2.22. The van der Waals surface area contributed by atoms with E-state index < -0.39 is 37.8 Å². The van der Waals surface area contributed by atoms with Crippen LogP contribution in [0.2, 0.25) is 0 Å². The van der Waals surface area contributed by atoms with Crippen LogP contribution in [-0.4, -0.2) is 26.6 Å². The lowest BCUT2D eigenvalue weighted by Crippen LogP contribution is -2.27. The second-order valence-electron chi connectivity index (χ2n) is 5.92. The third-order valence-electron chi connectivity index (χ3n) is 3.84. The normalized spacial score (nSPS) is 14.7. The van der Waals surface area contributed by atoms with Gasteiger partial charge in [0, 0.05) is 6.54 Å². The fourth-order valence-corrected chi connectivity index (χ4v) is 4.12. The molecule has 4 nitrogen and oxygen atoms in total. The number of carbonyl (C=O) groups is 1. The summed E-state index contributed by atoms with van der Waals surface area (Å²) < 4.78 is 52.7. The van der Waals surface area contributed by atoms with Crippen LogP contribution in [0, 0.1) is 17.6 Å². The largest absolute Gasteiger partial charge is 0.352 e. The zero-order valence-electron chi connectivity index (χ0n) is 13.1. The molecule has 1 fully saturated rings. The van der Waals surface area contributed by atoms with E-state index in [-0.39, 0.29) is 11.7 Å². The van der Waals surface area contributed by atoms with Crippen molar-refractivity contribution < 1.29 is 22.0 Å². The Morgan fingerprint density at radius 2 is 1.96 bits per heavy atom. The summed E-state index contributed by atoms with van der Waals surface area (Å²) in [6.07, 6.45) is 4.14. The van der Waals surface area contributed by atoms with E-state index in [0.717, 1.165) is 37.8 Å². The number of carbonyl (C=O) groups excluding carboxylic acids is 1. The van der Waals surface area contributed by atoms with Crippen LogP contribution < -0.4 is 5.32 Å². The van der Waals surface area contributed by atoms with Gasteiger partial charge in [-0.25, -0.2) is 17.2 Å². The van der Waals surface area contributed by atoms with Gasteiger partial charge in [0.2, 0.25) is 0 Å². The highest BCUT2D eigenvalue weighted by molar-refractivity contribution is 7.91. The number of hydrogen-bond acceptors (Lipinski definition) is 3. The van der Waals surface area contributed by atoms with E-state index in [1.165, 1.54) is 0 Å². The van der Waals surface area contributed by atoms with Crippen molar-refractivity contribution in [1.29, 1.82) is 0 Å². The minimum atomic E-state index is -3.85. The highest BCUT2D eigenvalue weighted by Crippen LogP contribution is 2.33. The quantitative estimate of drug-likeness (QED) is 0.582. The minimum Gasteiger partial charge on any atom is -0.352 e. The van der Waals surface area contributed by atoms with Gasteiger partial charge in [-0.1, -0.05) is 19.8 Å². The zero-order valence-corrected chi connectivity index (χ0v) is 13.9. The highest BCUT2D eigenvalue weighted by Gasteiger charge is 2.32. The highest BCUT2D eigenvalue weighted by atomic mass is 32.2. The van der Waals surface area contributed by atoms with Crippen LogP contribution in [-0.2, 0) is 9.84 Å². The topological polar surface area (TPSA) is 63.2 Å². The molecule has 23 heavy (non-hydrogen) atoms. The first-order valence-corrected chi connectivity index (χ1v) is 9.51. The number of halogens is 2. The fourth-order valence-electron chi connectivity index (χ4n) is 2.33. The second-order valence-corrected chi connectivity index (χ2v) is 7.92. The van der Waals surface area contributed by atoms with Crippen molar-refractivity contribution in [3.8, 4) is 0 Å². The van der Waals surface area contributed by atoms with Gasteiger partial charge in [0.15, 0.2) is 15.7 Å². The molecule has 0 aromatic heterocycles. The van der Waals surface area contributed by atoms with E-state index in [4.69, 9.17) is 0 Å². The average molecular weight is 345 g/mol. The predicted octanol–water partition coefficient (Wildman–Crippen LogP) is 3.07. The SMILES string of the molecule is CCCCCNC(=O)c1c(F)ccc(S(=O)(=O)CC2CC2)c1F. The van der Waals surface area contributed by atoms with Gasteiger partial charge in [0.25, 0.3) is 5.91 Å². The van der Waals surface area contributed by atoms with Crippen molar-refractivity contribution in [2.24, 2.45) is 5.92 Å². The molecule has 0 radical (unpaired) electrons. The maximum Gasteiger partial charge on any atom is 0.257 e. The van der Waals surface area contributed by atoms with Crippen LogP contribution in [0.5, 0.6) is 0 Å². The first kappa shape index (κ1) is 17.8. The molecule has 0 unspecified atom stereocenters. The molecule has 7 heteroatoms. The third-order valence-corrected chi connectivity index (χ3v) is 5.73. The number of amides is 1. The lowest BCUT2D eigenvalue weighted by molar-refractivity contribution is 0.0944. The van der Waals surface area contributed by atoms with Gasteiger partial charge < -0.3 is 5.32 Å². The van der Waals surface area contributed by atoms with Gasteiger partial charge in [-0.2, -0.15) is 0 Å². The van der Waals surface area contributed by atoms with Crippen LogP contribution in [0.3, 0.4) is 0 Å². The summed E-state index contributed by atoms with van der Waals surface area (Å²) in [6.45, 7) is 2.29. The summed E-state index contributed by atoms with van der Waals surface area (Å²) in [7, 11) is -3.85. The van der Waals surface area contributed by atoms with Crippen molar-refractivity contribution in [3.63, 3.8) is 0 Å². The van der Waals surface area contributed by atoms with Crippen LogP contribution in [0.25, 0.3) is 0 Å². The number of hydrogen-bond donors (Lipinski definition) is 1. The third kappa shape index (κ3) is 4.50. The van der Waals surface area contributed by atoms with Gasteiger partial charge in [0.1, 0.15) is 16.3 Å². The summed E-state index contributed by atoms with van der Waals surface area (Å²) in [5.41, 5.74) is -0.821. The van der Waals surface area contributed by atoms with Crippen LogP contribution in [0.1, 0.15) is 49.4 Å². The summed E-state index contributed by atoms with van der Waals surface area (Å²) in [5, 5.41) is 2.43. The summed E-state index contributed by atoms with van der Waals surface area (Å²) >= 11 is 0. The number of sulfone groups is 1. The number of unbranched alkanes of at least 4 members (excludes halogenated alkanes) is 2. The molecule has 1 aromatic carbocycles. The molecular formula is C16H21F2NO3S. The predicted molar refractivity (Wildman–Crippen MR) is 83.0 cm³/mol. The Labute approximate surface area is 135 Å². The van der Waals surface area contributed by atoms with E-state index in [0.29, 0.717) is 13.0 Å². The molecular weight excluding hydrogens is 324 g/mol. The van der Waals surface area contributed by atoms with Crippen LogP contribution in [0.15, 0.2) is 17.0 Å². The van der Waals surface area contributed by atoms with Crippen molar-refractivity contribution in [2.45, 2.75) is 43.9 Å². The van der Waals surface area contributed by atoms with Crippen LogP contribution in [0.4, 0.5) is 8.78 Å². The van der Waals surface area contributed by atoms with Gasteiger partial charge in [0.05, 0.1) is 5.75 Å². The van der Waals surface area contributed by atoms with Gasteiger partial charge >= 0.3 is 0 Å². The lowest BCUT2D eigenvalue weighted by Gasteiger charge is -2.11. The molecule has 1 saturated carbocycles. The molecule has 1 aliphatic carbocycles. The Kier molecular flexibility index (Phi) is 5.73. The minimum absolute atomic E-state index is 0.0378. The Morgan fingerprint density at radius 3 is 2.57 bits per heavy atom. The number of benzene rings is 1. The second kappa shape index (κ2) is 7.38. The fraction of sp³-hybridized carbons (Fsp3) is 0.562. The van der Waals surface area contributed by atoms with E-state index in [1.54, 1.807) is 0 Å². The standard InChI is InChI=1S/C16H21F2NO3S/c1-2-3-4-9-19-16(20)14-12(17)7-8-13(15(14)18)23(21,22)10-11-5-6-11/h7-8,11H,2-6,9-10H2,1H3,(H,19,20). The van der Waals surface area contributed by atoms with Gasteiger partial charge in [-0.05, 0) is 37.3 Å². The molecule has 0 aliphatic heterocycles. The Bertz CT molecular complexity index is 685. The van der Waals surface area contributed by atoms with E-state index in [2.05, 4.69) is 5.32 Å². The molecule has 1 aliphatic rings. The van der Waals surface area contributed by atoms with E-state index in [9.17, 15) is 22.0 Å². The van der Waals surface area contributed by atoms with Gasteiger partial charge in [-0.3, -0.25) is 4.79 Å². The summed E-state index contributed by atoms with van der Waals surface area (Å²) in [5.74, 6) is -3.39. The molecule has 0 atom stereocenters. The first-order valence-electron chi connectivity index (χ1n) is 7.85. The molecule has 0 heterocycles. The molecule has 1 amide bonds. The van der Waals surface area contributed by atoms with Crippen molar-refractivity contribution in [2.75, 3.05) is 12.3 Å². The van der Waals surface area contributed by atoms with Gasteiger partial charge in [-0.15, -0.1) is 0 Å². The van der Waals surface area contributed by atoms with E-state index >= 15 is 0 Å². The molecule has 1 aromatic rings. The molecule has 0 bridgehead atoms. The Morgan fingerprint density at radius 1 is 1.26 bits per heavy atom. The number of rotatable bonds is 8. The number of nitrogens with one attached hydrogen (secondary N) is 1. The maximum absolute atomic E-state index is 14.4. The summed E-state index contributed by atoms with van der Waals surface area (Å²) in [6, 6.07) is 1.74. The first-order chi connectivity index (χ1) is 10.9. The Hall–Kier alpha value is -1.50. The average Bonchev–Trinajstić information content (AvgIpc) is 3.26. The molecule has 128 valence electrons. The van der Waals surface area contributed by atoms with Crippen molar-refractivity contribution in [1.82, 2.24) is 5.32 Å². The monoisotopic (exact) mass is 345 g/mol. The molecule has 0 spiro atoms. The lowest BCUT2D eigenvalue weighted by atomic mass is 10.1. The summed E-state index contributed by atoms with van der Waals surface area (Å²) in [4.78, 5) is 11.4. The van der Waals surface area contributed by atoms with E-state index in [1.807, 2.05) is 6.92 Å². The van der Waals surface area contributed by atoms with Crippen molar-refractivity contribution >= 4 is 15.7 Å². The molecule has 0 saturated heterocycles. The van der Waals surface area contributed by atoms with Crippen molar-refractivity contribution in [3.05, 3.63) is 29.3 Å². The smallest absolute Gasteiger partial charge is 0.257 e.